The van der Waals surface area contributed by atoms with E-state index in [1.165, 1.54) is 7.11 Å². The Hall–Kier alpha value is -0.800. The Kier molecular flexibility index (Phi) is 2.91. The Morgan fingerprint density at radius 3 is 2.12 bits per heavy atom. The molecule has 4 heteroatoms. The maximum absolute atomic E-state index is 10.1. The van der Waals surface area contributed by atoms with Gasteiger partial charge in [0.05, 0.1) is 0 Å². The fourth-order valence-corrected chi connectivity index (χ4v) is 0.215. The van der Waals surface area contributed by atoms with Crippen LogP contribution in [0.1, 0.15) is 13.8 Å². The van der Waals surface area contributed by atoms with E-state index in [2.05, 4.69) is 9.68 Å². The fourth-order valence-electron chi connectivity index (χ4n) is 0.215. The maximum atomic E-state index is 10.1. The SMILES string of the molecule is CO[N+](=O)OC(C)C. The molecule has 48 valence electrons. The fraction of sp³-hybridized carbons (Fsp3) is 1.00. The van der Waals surface area contributed by atoms with Crippen LogP contribution in [0, 0.1) is 4.91 Å². The van der Waals surface area contributed by atoms with Gasteiger partial charge in [0.25, 0.3) is 0 Å². The first-order valence-electron chi connectivity index (χ1n) is 2.35. The Bertz CT molecular complexity index is 81.4. The van der Waals surface area contributed by atoms with Crippen LogP contribution in [0.15, 0.2) is 0 Å². The Balaban J connectivity index is 3.25. The lowest BCUT2D eigenvalue weighted by atomic mass is 10.5. The van der Waals surface area contributed by atoms with Crippen LogP contribution >= 0.6 is 0 Å². The largest absolute Gasteiger partial charge is 0.477 e. The molecule has 0 amide bonds. The Morgan fingerprint density at radius 2 is 2.00 bits per heavy atom. The summed E-state index contributed by atoms with van der Waals surface area (Å²) in [6.45, 7) is 3.48. The van der Waals surface area contributed by atoms with Gasteiger partial charge in [-0.15, -0.1) is 0 Å². The summed E-state index contributed by atoms with van der Waals surface area (Å²) in [7, 11) is 1.25. The smallest absolute Gasteiger partial charge is 0.190 e. The van der Waals surface area contributed by atoms with Gasteiger partial charge in [-0.2, -0.15) is 9.68 Å². The van der Waals surface area contributed by atoms with Crippen molar-refractivity contribution in [2.45, 2.75) is 20.0 Å². The van der Waals surface area contributed by atoms with Crippen LogP contribution in [-0.4, -0.2) is 18.3 Å². The highest BCUT2D eigenvalue weighted by molar-refractivity contribution is 4.24. The van der Waals surface area contributed by atoms with E-state index < -0.39 is 0 Å². The molecule has 0 unspecified atom stereocenters. The molecule has 0 saturated heterocycles. The molecule has 0 heterocycles. The Morgan fingerprint density at radius 1 is 1.50 bits per heavy atom. The van der Waals surface area contributed by atoms with Gasteiger partial charge in [0.15, 0.2) is 13.2 Å². The van der Waals surface area contributed by atoms with Crippen LogP contribution in [0.4, 0.5) is 0 Å². The highest BCUT2D eigenvalue weighted by atomic mass is 17.0. The van der Waals surface area contributed by atoms with Crippen molar-refractivity contribution in [2.24, 2.45) is 0 Å². The second kappa shape index (κ2) is 3.23. The maximum Gasteiger partial charge on any atom is 0.477 e. The van der Waals surface area contributed by atoms with Crippen LogP contribution in [-0.2, 0) is 9.68 Å². The van der Waals surface area contributed by atoms with Gasteiger partial charge < -0.3 is 0 Å². The summed E-state index contributed by atoms with van der Waals surface area (Å²) in [5.74, 6) is 0. The summed E-state index contributed by atoms with van der Waals surface area (Å²) in [5.41, 5.74) is 0. The molecule has 0 aromatic heterocycles. The van der Waals surface area contributed by atoms with Crippen molar-refractivity contribution >= 4 is 0 Å². The van der Waals surface area contributed by atoms with E-state index in [0.717, 1.165) is 0 Å². The molecule has 0 aliphatic rings. The average Bonchev–Trinajstić information content (AvgIpc) is 1.65. The highest BCUT2D eigenvalue weighted by Crippen LogP contribution is 1.86. The van der Waals surface area contributed by atoms with Crippen LogP contribution < -0.4 is 0 Å². The monoisotopic (exact) mass is 120 g/mol. The van der Waals surface area contributed by atoms with Gasteiger partial charge in [0, 0.05) is 0 Å². The van der Waals surface area contributed by atoms with Crippen molar-refractivity contribution in [3.8, 4) is 0 Å². The van der Waals surface area contributed by atoms with Gasteiger partial charge >= 0.3 is 5.09 Å². The van der Waals surface area contributed by atoms with Crippen molar-refractivity contribution in [1.82, 2.24) is 0 Å². The first kappa shape index (κ1) is 7.20. The average molecular weight is 120 g/mol. The quantitative estimate of drug-likeness (QED) is 0.514. The molecule has 0 atom stereocenters. The topological polar surface area (TPSA) is 38.5 Å². The van der Waals surface area contributed by atoms with Crippen molar-refractivity contribution in [1.29, 1.82) is 0 Å². The summed E-state index contributed by atoms with van der Waals surface area (Å²) in [5, 5.41) is 0.0741. The number of hydrogen-bond donors (Lipinski definition) is 0. The second-order valence-electron chi connectivity index (χ2n) is 1.56. The molecule has 8 heavy (non-hydrogen) atoms. The lowest BCUT2D eigenvalue weighted by Gasteiger charge is -1.91. The lowest BCUT2D eigenvalue weighted by Crippen LogP contribution is -2.13. The predicted octanol–water partition coefficient (Wildman–Crippen LogP) is 0.667. The van der Waals surface area contributed by atoms with Gasteiger partial charge in [0.2, 0.25) is 0 Å². The second-order valence-corrected chi connectivity index (χ2v) is 1.56. The third-order valence-corrected chi connectivity index (χ3v) is 0.446. The summed E-state index contributed by atoms with van der Waals surface area (Å²) in [6.07, 6.45) is -0.132. The van der Waals surface area contributed by atoms with E-state index in [1.54, 1.807) is 13.8 Å². The molecule has 0 radical (unpaired) electrons. The highest BCUT2D eigenvalue weighted by Gasteiger charge is 2.10. The normalized spacial score (nSPS) is 9.00. The van der Waals surface area contributed by atoms with Crippen molar-refractivity contribution in [3.05, 3.63) is 4.91 Å². The zero-order chi connectivity index (χ0) is 6.57. The molecule has 4 nitrogen and oxygen atoms in total. The molecular formula is C4H10NO3+. The molecule has 0 aromatic rings. The van der Waals surface area contributed by atoms with Gasteiger partial charge in [-0.25, -0.2) is 0 Å². The van der Waals surface area contributed by atoms with Crippen LogP contribution in [0.5, 0.6) is 0 Å². The zero-order valence-electron chi connectivity index (χ0n) is 5.25. The molecule has 0 aliphatic carbocycles. The molecule has 0 bridgehead atoms. The minimum absolute atomic E-state index is 0.0741. The van der Waals surface area contributed by atoms with Crippen LogP contribution in [0.25, 0.3) is 0 Å². The van der Waals surface area contributed by atoms with E-state index in [0.29, 0.717) is 0 Å². The van der Waals surface area contributed by atoms with Crippen LogP contribution in [0.3, 0.4) is 0 Å². The van der Waals surface area contributed by atoms with E-state index in [4.69, 9.17) is 0 Å². The van der Waals surface area contributed by atoms with Crippen molar-refractivity contribution in [3.63, 3.8) is 0 Å². The van der Waals surface area contributed by atoms with E-state index in [-0.39, 0.29) is 11.2 Å². The van der Waals surface area contributed by atoms with E-state index >= 15 is 0 Å². The van der Waals surface area contributed by atoms with Crippen molar-refractivity contribution < 1.29 is 14.8 Å². The number of rotatable bonds is 3. The lowest BCUT2D eigenvalue weighted by molar-refractivity contribution is -0.981. The Labute approximate surface area is 47.9 Å². The molecule has 0 fully saturated rings. The number of nitrogens with zero attached hydrogens (tertiary/aromatic N) is 1. The van der Waals surface area contributed by atoms with Crippen molar-refractivity contribution in [2.75, 3.05) is 7.11 Å². The first-order chi connectivity index (χ1) is 3.66. The molecule has 0 aromatic carbocycles. The minimum atomic E-state index is -0.132. The van der Waals surface area contributed by atoms with Gasteiger partial charge in [-0.1, -0.05) is 0 Å². The number of hydrogen-bond acceptors (Lipinski definition) is 3. The third kappa shape index (κ3) is 3.39. The summed E-state index contributed by atoms with van der Waals surface area (Å²) >= 11 is 0. The molecule has 0 rings (SSSR count). The predicted molar refractivity (Wildman–Crippen MR) is 26.9 cm³/mol. The molecule has 0 spiro atoms. The van der Waals surface area contributed by atoms with Gasteiger partial charge in [-0.05, 0) is 13.8 Å². The zero-order valence-corrected chi connectivity index (χ0v) is 5.25. The van der Waals surface area contributed by atoms with Crippen LogP contribution in [0.2, 0.25) is 0 Å². The minimum Gasteiger partial charge on any atom is -0.190 e. The molecule has 0 N–H and O–H groups in total. The third-order valence-electron chi connectivity index (χ3n) is 0.446. The standard InChI is InChI=1S/C4H10NO3/c1-4(2)8-5(6)7-3/h4H,1-3H3/q+1. The van der Waals surface area contributed by atoms with E-state index in [9.17, 15) is 4.91 Å². The molecule has 0 saturated carbocycles. The van der Waals surface area contributed by atoms with Gasteiger partial charge in [-0.3, -0.25) is 0 Å². The summed E-state index contributed by atoms with van der Waals surface area (Å²) in [6, 6.07) is 0. The summed E-state index contributed by atoms with van der Waals surface area (Å²) < 4.78 is 0. The summed E-state index contributed by atoms with van der Waals surface area (Å²) in [4.78, 5) is 18.7. The van der Waals surface area contributed by atoms with Gasteiger partial charge in [0.1, 0.15) is 4.91 Å². The van der Waals surface area contributed by atoms with E-state index in [1.807, 2.05) is 0 Å². The molecular weight excluding hydrogens is 110 g/mol. The first-order valence-corrected chi connectivity index (χ1v) is 2.35. The molecule has 0 aliphatic heterocycles.